The van der Waals surface area contributed by atoms with Crippen molar-refractivity contribution in [1.29, 1.82) is 0 Å². The van der Waals surface area contributed by atoms with Gasteiger partial charge in [0.1, 0.15) is 11.6 Å². The molecule has 7 nitrogen and oxygen atoms in total. The fourth-order valence-electron chi connectivity index (χ4n) is 3.62. The lowest BCUT2D eigenvalue weighted by Gasteiger charge is -2.14. The number of imidazole rings is 1. The molecule has 0 spiro atoms. The second kappa shape index (κ2) is 10.6. The maximum absolute atomic E-state index is 12.5. The normalized spacial score (nSPS) is 11.3. The number of hydrogen-bond donors (Lipinski definition) is 2. The summed E-state index contributed by atoms with van der Waals surface area (Å²) in [5.74, 6) is 2.16. The van der Waals surface area contributed by atoms with Gasteiger partial charge in [0.05, 0.1) is 22.5 Å². The number of thiophene rings is 1. The average molecular weight is 464 g/mol. The number of aryl methyl sites for hydroxylation is 2. The summed E-state index contributed by atoms with van der Waals surface area (Å²) in [5.41, 5.74) is 4.03. The summed E-state index contributed by atoms with van der Waals surface area (Å²) < 4.78 is 6.01. The third-order valence-corrected chi connectivity index (χ3v) is 6.07. The molecule has 4 aromatic rings. The van der Waals surface area contributed by atoms with Crippen molar-refractivity contribution in [1.82, 2.24) is 19.9 Å². The van der Waals surface area contributed by atoms with Gasteiger partial charge in [-0.2, -0.15) is 11.3 Å². The van der Waals surface area contributed by atoms with E-state index in [9.17, 15) is 4.79 Å². The molecule has 0 bridgehead atoms. The van der Waals surface area contributed by atoms with Crippen molar-refractivity contribution in [2.45, 2.75) is 46.2 Å². The number of aromatic amines is 1. The lowest BCUT2D eigenvalue weighted by molar-refractivity contribution is 0.102. The molecule has 3 heterocycles. The largest absolute Gasteiger partial charge is 0.441 e. The van der Waals surface area contributed by atoms with Crippen LogP contribution in [0.5, 0.6) is 0 Å². The maximum atomic E-state index is 12.5. The Morgan fingerprint density at radius 2 is 2.09 bits per heavy atom. The summed E-state index contributed by atoms with van der Waals surface area (Å²) in [5, 5.41) is 6.69. The fourth-order valence-corrected chi connectivity index (χ4v) is 4.25. The van der Waals surface area contributed by atoms with Crippen LogP contribution < -0.4 is 5.32 Å². The molecule has 33 heavy (non-hydrogen) atoms. The number of H-pyrrole nitrogens is 1. The number of hydrogen-bond acceptors (Lipinski definition) is 6. The van der Waals surface area contributed by atoms with Gasteiger partial charge < -0.3 is 14.7 Å². The standard InChI is InChI=1S/C25H29N5O2S/c1-4-5-10-23-26-13-19(27-23)14-30(3)15-22-17(2)32-25(29-22)20-8-6-7-9-21(20)28-24(31)18-11-12-33-16-18/h6-9,11-13,16H,4-5,10,14-15H2,1-3H3,(H,26,27)(H,28,31). The molecule has 0 aliphatic carbocycles. The number of aromatic nitrogens is 3. The van der Waals surface area contributed by atoms with E-state index in [0.717, 1.165) is 54.3 Å². The number of oxazole rings is 1. The monoisotopic (exact) mass is 463 g/mol. The van der Waals surface area contributed by atoms with Crippen LogP contribution in [-0.4, -0.2) is 32.8 Å². The van der Waals surface area contributed by atoms with Gasteiger partial charge in [-0.1, -0.05) is 25.5 Å². The van der Waals surface area contributed by atoms with Crippen LogP contribution in [0.3, 0.4) is 0 Å². The first kappa shape index (κ1) is 22.9. The highest BCUT2D eigenvalue weighted by Crippen LogP contribution is 2.29. The van der Waals surface area contributed by atoms with E-state index in [4.69, 9.17) is 9.40 Å². The van der Waals surface area contributed by atoms with Crippen LogP contribution in [0.25, 0.3) is 11.5 Å². The lowest BCUT2D eigenvalue weighted by atomic mass is 10.1. The van der Waals surface area contributed by atoms with Gasteiger partial charge in [-0.25, -0.2) is 9.97 Å². The number of nitrogens with zero attached hydrogens (tertiary/aromatic N) is 3. The maximum Gasteiger partial charge on any atom is 0.256 e. The number of unbranched alkanes of at least 4 members (excludes halogenated alkanes) is 1. The van der Waals surface area contributed by atoms with Crippen LogP contribution >= 0.6 is 11.3 Å². The molecule has 0 atom stereocenters. The van der Waals surface area contributed by atoms with Crippen molar-refractivity contribution in [2.24, 2.45) is 0 Å². The highest BCUT2D eigenvalue weighted by atomic mass is 32.1. The Labute approximate surface area is 197 Å². The Morgan fingerprint density at radius 1 is 1.24 bits per heavy atom. The molecule has 172 valence electrons. The van der Waals surface area contributed by atoms with Gasteiger partial charge in [-0.15, -0.1) is 0 Å². The predicted molar refractivity (Wildman–Crippen MR) is 131 cm³/mol. The second-order valence-corrected chi connectivity index (χ2v) is 8.94. The summed E-state index contributed by atoms with van der Waals surface area (Å²) >= 11 is 1.49. The minimum Gasteiger partial charge on any atom is -0.441 e. The minimum atomic E-state index is -0.148. The lowest BCUT2D eigenvalue weighted by Crippen LogP contribution is -2.18. The molecule has 0 unspecified atom stereocenters. The summed E-state index contributed by atoms with van der Waals surface area (Å²) in [7, 11) is 2.05. The van der Waals surface area contributed by atoms with E-state index in [1.807, 2.05) is 48.1 Å². The van der Waals surface area contributed by atoms with Gasteiger partial charge in [-0.3, -0.25) is 9.69 Å². The molecule has 3 aromatic heterocycles. The number of carbonyl (C=O) groups is 1. The molecule has 2 N–H and O–H groups in total. The summed E-state index contributed by atoms with van der Waals surface area (Å²) in [6, 6.07) is 9.37. The molecule has 0 aliphatic heterocycles. The first-order valence-electron chi connectivity index (χ1n) is 11.1. The van der Waals surface area contributed by atoms with Gasteiger partial charge >= 0.3 is 0 Å². The molecule has 0 saturated carbocycles. The molecule has 0 aliphatic rings. The third kappa shape index (κ3) is 5.77. The van der Waals surface area contributed by atoms with Crippen molar-refractivity contribution < 1.29 is 9.21 Å². The molecule has 0 saturated heterocycles. The zero-order chi connectivity index (χ0) is 23.2. The van der Waals surface area contributed by atoms with E-state index in [0.29, 0.717) is 23.7 Å². The van der Waals surface area contributed by atoms with Crippen molar-refractivity contribution >= 4 is 22.9 Å². The van der Waals surface area contributed by atoms with Crippen LogP contribution in [-0.2, 0) is 19.5 Å². The fraction of sp³-hybridized carbons (Fsp3) is 0.320. The molecule has 0 fully saturated rings. The Kier molecular flexibility index (Phi) is 7.36. The molecule has 0 radical (unpaired) electrons. The van der Waals surface area contributed by atoms with Crippen molar-refractivity contribution in [2.75, 3.05) is 12.4 Å². The van der Waals surface area contributed by atoms with E-state index in [-0.39, 0.29) is 5.91 Å². The predicted octanol–water partition coefficient (Wildman–Crippen LogP) is 5.66. The van der Waals surface area contributed by atoms with E-state index >= 15 is 0 Å². The Bertz CT molecular complexity index is 1200. The van der Waals surface area contributed by atoms with Gasteiger partial charge in [0.15, 0.2) is 0 Å². The summed E-state index contributed by atoms with van der Waals surface area (Å²) in [4.78, 5) is 27.4. The molecule has 1 amide bonds. The highest BCUT2D eigenvalue weighted by Gasteiger charge is 2.18. The average Bonchev–Trinajstić information content (AvgIpc) is 3.55. The number of carbonyl (C=O) groups excluding carboxylic acids is 1. The van der Waals surface area contributed by atoms with Crippen LogP contribution in [0.15, 0.2) is 51.7 Å². The molecular formula is C25H29N5O2S. The SMILES string of the molecule is CCCCc1ncc(CN(C)Cc2nc(-c3ccccc3NC(=O)c3ccsc3)oc2C)[nH]1. The number of para-hydroxylation sites is 1. The van der Waals surface area contributed by atoms with Gasteiger partial charge in [0.2, 0.25) is 5.89 Å². The number of rotatable bonds is 10. The van der Waals surface area contributed by atoms with Crippen molar-refractivity contribution in [3.63, 3.8) is 0 Å². The first-order chi connectivity index (χ1) is 16.0. The quantitative estimate of drug-likeness (QED) is 0.317. The Hall–Kier alpha value is -3.23. The van der Waals surface area contributed by atoms with Crippen molar-refractivity contribution in [3.05, 3.63) is 75.8 Å². The number of benzene rings is 1. The topological polar surface area (TPSA) is 87.1 Å². The Morgan fingerprint density at radius 3 is 2.88 bits per heavy atom. The zero-order valence-corrected chi connectivity index (χ0v) is 20.0. The highest BCUT2D eigenvalue weighted by molar-refractivity contribution is 7.08. The third-order valence-electron chi connectivity index (χ3n) is 5.39. The van der Waals surface area contributed by atoms with Gasteiger partial charge in [0, 0.05) is 36.8 Å². The van der Waals surface area contributed by atoms with E-state index < -0.39 is 0 Å². The van der Waals surface area contributed by atoms with Crippen molar-refractivity contribution in [3.8, 4) is 11.5 Å². The summed E-state index contributed by atoms with van der Waals surface area (Å²) in [6.45, 7) is 5.49. The number of anilines is 1. The van der Waals surface area contributed by atoms with Crippen LogP contribution in [0.4, 0.5) is 5.69 Å². The van der Waals surface area contributed by atoms with Crippen LogP contribution in [0.1, 0.15) is 53.1 Å². The van der Waals surface area contributed by atoms with Gasteiger partial charge in [0.25, 0.3) is 5.91 Å². The molecule has 8 heteroatoms. The van der Waals surface area contributed by atoms with Crippen LogP contribution in [0.2, 0.25) is 0 Å². The molecule has 1 aromatic carbocycles. The van der Waals surface area contributed by atoms with E-state index in [2.05, 4.69) is 34.2 Å². The molecule has 4 rings (SSSR count). The second-order valence-electron chi connectivity index (χ2n) is 8.16. The number of nitrogens with one attached hydrogen (secondary N) is 2. The molecular weight excluding hydrogens is 434 g/mol. The summed E-state index contributed by atoms with van der Waals surface area (Å²) in [6.07, 6.45) is 5.19. The van der Waals surface area contributed by atoms with Crippen LogP contribution in [0, 0.1) is 6.92 Å². The smallest absolute Gasteiger partial charge is 0.256 e. The zero-order valence-electron chi connectivity index (χ0n) is 19.2. The minimum absolute atomic E-state index is 0.148. The number of amides is 1. The van der Waals surface area contributed by atoms with E-state index in [1.165, 1.54) is 11.3 Å². The Balaban J connectivity index is 1.45. The van der Waals surface area contributed by atoms with E-state index in [1.54, 1.807) is 6.07 Å². The first-order valence-corrected chi connectivity index (χ1v) is 12.1. The van der Waals surface area contributed by atoms with Gasteiger partial charge in [-0.05, 0) is 44.0 Å².